The minimum absolute atomic E-state index is 0.204. The highest BCUT2D eigenvalue weighted by molar-refractivity contribution is 5.74. The molecule has 0 unspecified atom stereocenters. The van der Waals surface area contributed by atoms with E-state index in [1.165, 1.54) is 0 Å². The highest BCUT2D eigenvalue weighted by atomic mass is 16.4. The Morgan fingerprint density at radius 3 is 2.95 bits per heavy atom. The van der Waals surface area contributed by atoms with Crippen LogP contribution in [-0.4, -0.2) is 40.7 Å². The number of carboxylic acids is 1. The Bertz CT molecular complexity index is 459. The molecule has 1 aliphatic heterocycles. The van der Waals surface area contributed by atoms with Crippen LogP contribution < -0.4 is 16.0 Å². The van der Waals surface area contributed by atoms with Crippen molar-refractivity contribution in [1.82, 2.24) is 9.97 Å². The summed E-state index contributed by atoms with van der Waals surface area (Å²) in [4.78, 5) is 20.9. The number of carboxylic acid groups (broad SMARTS) is 1. The SMILES string of the molecule is CCCCNc1cc(N2CC(C(=O)O)C2)nc(N)n1. The van der Waals surface area contributed by atoms with Crippen LogP contribution in [0.25, 0.3) is 0 Å². The van der Waals surface area contributed by atoms with Crippen molar-refractivity contribution < 1.29 is 9.90 Å². The maximum Gasteiger partial charge on any atom is 0.310 e. The number of hydrogen-bond acceptors (Lipinski definition) is 6. The van der Waals surface area contributed by atoms with Crippen molar-refractivity contribution in [2.75, 3.05) is 35.6 Å². The van der Waals surface area contributed by atoms with Crippen molar-refractivity contribution in [3.8, 4) is 0 Å². The van der Waals surface area contributed by atoms with E-state index < -0.39 is 5.97 Å². The summed E-state index contributed by atoms with van der Waals surface area (Å²) in [5.41, 5.74) is 5.67. The Kier molecular flexibility index (Phi) is 4.03. The van der Waals surface area contributed by atoms with Gasteiger partial charge in [0.25, 0.3) is 0 Å². The first kappa shape index (κ1) is 13.4. The lowest BCUT2D eigenvalue weighted by Gasteiger charge is -2.37. The number of rotatable bonds is 6. The minimum Gasteiger partial charge on any atom is -0.481 e. The molecule has 0 saturated carbocycles. The number of anilines is 3. The normalized spacial score (nSPS) is 15.1. The maximum absolute atomic E-state index is 10.8. The minimum atomic E-state index is -0.764. The van der Waals surface area contributed by atoms with Gasteiger partial charge in [0.2, 0.25) is 5.95 Å². The first-order chi connectivity index (χ1) is 9.10. The molecule has 1 saturated heterocycles. The van der Waals surface area contributed by atoms with Crippen molar-refractivity contribution >= 4 is 23.6 Å². The van der Waals surface area contributed by atoms with E-state index in [-0.39, 0.29) is 11.9 Å². The van der Waals surface area contributed by atoms with Crippen molar-refractivity contribution in [3.63, 3.8) is 0 Å². The lowest BCUT2D eigenvalue weighted by molar-refractivity contribution is -0.142. The van der Waals surface area contributed by atoms with Crippen LogP contribution in [-0.2, 0) is 4.79 Å². The maximum atomic E-state index is 10.8. The van der Waals surface area contributed by atoms with Gasteiger partial charge in [0.1, 0.15) is 11.6 Å². The van der Waals surface area contributed by atoms with E-state index in [9.17, 15) is 4.79 Å². The third-order valence-corrected chi connectivity index (χ3v) is 3.12. The topological polar surface area (TPSA) is 104 Å². The number of nitrogen functional groups attached to an aromatic ring is 1. The van der Waals surface area contributed by atoms with Crippen LogP contribution >= 0.6 is 0 Å². The van der Waals surface area contributed by atoms with Gasteiger partial charge in [-0.15, -0.1) is 0 Å². The highest BCUT2D eigenvalue weighted by Crippen LogP contribution is 2.25. The van der Waals surface area contributed by atoms with Crippen LogP contribution in [0, 0.1) is 5.92 Å². The highest BCUT2D eigenvalue weighted by Gasteiger charge is 2.33. The summed E-state index contributed by atoms with van der Waals surface area (Å²) < 4.78 is 0. The van der Waals surface area contributed by atoms with Crippen LogP contribution in [0.5, 0.6) is 0 Å². The van der Waals surface area contributed by atoms with Gasteiger partial charge in [0.15, 0.2) is 0 Å². The number of aliphatic carboxylic acids is 1. The van der Waals surface area contributed by atoms with Gasteiger partial charge in [-0.25, -0.2) is 0 Å². The molecular formula is C12H19N5O2. The Labute approximate surface area is 111 Å². The lowest BCUT2D eigenvalue weighted by atomic mass is 10.0. The molecule has 0 spiro atoms. The molecule has 1 aliphatic rings. The van der Waals surface area contributed by atoms with Crippen LogP contribution in [0.3, 0.4) is 0 Å². The van der Waals surface area contributed by atoms with Crippen molar-refractivity contribution in [1.29, 1.82) is 0 Å². The molecule has 0 radical (unpaired) electrons. The zero-order valence-electron chi connectivity index (χ0n) is 11.0. The average Bonchev–Trinajstić information content (AvgIpc) is 2.26. The number of nitrogens with two attached hydrogens (primary N) is 1. The van der Waals surface area contributed by atoms with Crippen LogP contribution in [0.15, 0.2) is 6.07 Å². The molecule has 4 N–H and O–H groups in total. The third kappa shape index (κ3) is 3.24. The monoisotopic (exact) mass is 265 g/mol. The predicted molar refractivity (Wildman–Crippen MR) is 73.2 cm³/mol. The second kappa shape index (κ2) is 5.73. The van der Waals surface area contributed by atoms with E-state index in [0.717, 1.165) is 19.4 Å². The molecule has 0 bridgehead atoms. The van der Waals surface area contributed by atoms with Crippen molar-refractivity contribution in [2.24, 2.45) is 5.92 Å². The van der Waals surface area contributed by atoms with Crippen LogP contribution in [0.2, 0.25) is 0 Å². The quantitative estimate of drug-likeness (QED) is 0.653. The molecule has 0 amide bonds. The van der Waals surface area contributed by atoms with Gasteiger partial charge in [-0.1, -0.05) is 13.3 Å². The van der Waals surface area contributed by atoms with E-state index >= 15 is 0 Å². The summed E-state index contributed by atoms with van der Waals surface area (Å²) in [5, 5.41) is 12.0. The standard InChI is InChI=1S/C12H19N5O2/c1-2-3-4-14-9-5-10(16-12(13)15-9)17-6-8(7-17)11(18)19/h5,8H,2-4,6-7H2,1H3,(H,18,19)(H3,13,14,15,16). The van der Waals surface area contributed by atoms with E-state index in [2.05, 4.69) is 22.2 Å². The molecule has 0 atom stereocenters. The number of aromatic nitrogens is 2. The van der Waals surface area contributed by atoms with Crippen molar-refractivity contribution in [2.45, 2.75) is 19.8 Å². The molecule has 1 aromatic rings. The lowest BCUT2D eigenvalue weighted by Crippen LogP contribution is -2.50. The summed E-state index contributed by atoms with van der Waals surface area (Å²) in [5.74, 6) is 0.501. The second-order valence-electron chi connectivity index (χ2n) is 4.69. The second-order valence-corrected chi connectivity index (χ2v) is 4.69. The first-order valence-electron chi connectivity index (χ1n) is 6.46. The van der Waals surface area contributed by atoms with E-state index in [4.69, 9.17) is 10.8 Å². The van der Waals surface area contributed by atoms with Gasteiger partial charge in [0, 0.05) is 25.7 Å². The molecule has 0 aliphatic carbocycles. The molecule has 104 valence electrons. The molecule has 2 rings (SSSR count). The summed E-state index contributed by atoms with van der Waals surface area (Å²) in [6.07, 6.45) is 2.16. The molecule has 2 heterocycles. The number of nitrogens with zero attached hydrogens (tertiary/aromatic N) is 3. The van der Waals surface area contributed by atoms with Gasteiger partial charge in [0.05, 0.1) is 5.92 Å². The summed E-state index contributed by atoms with van der Waals surface area (Å²) in [6, 6.07) is 1.81. The van der Waals surface area contributed by atoms with Gasteiger partial charge in [-0.2, -0.15) is 9.97 Å². The summed E-state index contributed by atoms with van der Waals surface area (Å²) in [7, 11) is 0. The predicted octanol–water partition coefficient (Wildman–Crippen LogP) is 0.792. The summed E-state index contributed by atoms with van der Waals surface area (Å²) in [6.45, 7) is 3.90. The number of hydrogen-bond donors (Lipinski definition) is 3. The molecule has 1 fully saturated rings. The zero-order chi connectivity index (χ0) is 13.8. The molecule has 7 nitrogen and oxygen atoms in total. The fraction of sp³-hybridized carbons (Fsp3) is 0.583. The van der Waals surface area contributed by atoms with Gasteiger partial charge in [-0.05, 0) is 6.42 Å². The Morgan fingerprint density at radius 1 is 1.58 bits per heavy atom. The zero-order valence-corrected chi connectivity index (χ0v) is 11.0. The smallest absolute Gasteiger partial charge is 0.310 e. The molecule has 1 aromatic heterocycles. The van der Waals surface area contributed by atoms with Crippen molar-refractivity contribution in [3.05, 3.63) is 6.07 Å². The van der Waals surface area contributed by atoms with Crippen LogP contribution in [0.4, 0.5) is 17.6 Å². The fourth-order valence-electron chi connectivity index (χ4n) is 1.92. The number of carbonyl (C=O) groups is 1. The largest absolute Gasteiger partial charge is 0.481 e. The van der Waals surface area contributed by atoms with Crippen LogP contribution in [0.1, 0.15) is 19.8 Å². The average molecular weight is 265 g/mol. The first-order valence-corrected chi connectivity index (χ1v) is 6.46. The van der Waals surface area contributed by atoms with Gasteiger partial charge >= 0.3 is 5.97 Å². The van der Waals surface area contributed by atoms with E-state index in [1.807, 2.05) is 11.0 Å². The Morgan fingerprint density at radius 2 is 2.32 bits per heavy atom. The number of unbranched alkanes of at least 4 members (excludes halogenated alkanes) is 1. The fourth-order valence-corrected chi connectivity index (χ4v) is 1.92. The Balaban J connectivity index is 1.99. The van der Waals surface area contributed by atoms with Gasteiger partial charge < -0.3 is 21.1 Å². The Hall–Kier alpha value is -2.05. The van der Waals surface area contributed by atoms with Gasteiger partial charge in [-0.3, -0.25) is 4.79 Å². The molecule has 7 heteroatoms. The van der Waals surface area contributed by atoms with E-state index in [1.54, 1.807) is 0 Å². The molecular weight excluding hydrogens is 246 g/mol. The third-order valence-electron chi connectivity index (χ3n) is 3.12. The van der Waals surface area contributed by atoms with E-state index in [0.29, 0.717) is 24.7 Å². The number of nitrogens with one attached hydrogen (secondary N) is 1. The molecule has 0 aromatic carbocycles. The molecule has 19 heavy (non-hydrogen) atoms. The summed E-state index contributed by atoms with van der Waals surface area (Å²) >= 11 is 0.